The summed E-state index contributed by atoms with van der Waals surface area (Å²) in [6.07, 6.45) is 2.08. The van der Waals surface area contributed by atoms with Gasteiger partial charge in [0.1, 0.15) is 5.82 Å². The molecule has 0 spiro atoms. The third-order valence-corrected chi connectivity index (χ3v) is 2.82. The molecule has 1 atom stereocenters. The summed E-state index contributed by atoms with van der Waals surface area (Å²) in [6, 6.07) is 7.93. The smallest absolute Gasteiger partial charge is 0.226 e. The molecule has 0 unspecified atom stereocenters. The zero-order chi connectivity index (χ0) is 13.8. The van der Waals surface area contributed by atoms with Gasteiger partial charge in [-0.15, -0.1) is 0 Å². The average molecular weight is 261 g/mol. The molecule has 0 saturated heterocycles. The van der Waals surface area contributed by atoms with Crippen molar-refractivity contribution < 1.29 is 9.18 Å². The normalized spacial score (nSPS) is 12.2. The van der Waals surface area contributed by atoms with Crippen LogP contribution in [0.4, 0.5) is 10.1 Å². The van der Waals surface area contributed by atoms with Gasteiger partial charge in [0.25, 0.3) is 0 Å². The lowest BCUT2D eigenvalue weighted by atomic mass is 10.2. The predicted octanol–water partition coefficient (Wildman–Crippen LogP) is 2.92. The number of carbonyl (C=O) groups excluding carboxylic acids is 1. The van der Waals surface area contributed by atoms with Crippen molar-refractivity contribution in [1.29, 1.82) is 0 Å². The number of halogens is 1. The maximum absolute atomic E-state index is 13.4. The fourth-order valence-corrected chi connectivity index (χ4v) is 1.80. The van der Waals surface area contributed by atoms with Crippen molar-refractivity contribution in [2.24, 2.45) is 0 Å². The summed E-state index contributed by atoms with van der Waals surface area (Å²) in [4.78, 5) is 11.8. The highest BCUT2D eigenvalue weighted by atomic mass is 19.1. The molecule has 1 amide bonds. The zero-order valence-corrected chi connectivity index (χ0v) is 10.9. The molecular weight excluding hydrogens is 245 g/mol. The molecule has 0 bridgehead atoms. The zero-order valence-electron chi connectivity index (χ0n) is 10.9. The highest BCUT2D eigenvalue weighted by molar-refractivity contribution is 5.91. The molecule has 0 aliphatic rings. The van der Waals surface area contributed by atoms with E-state index in [1.165, 1.54) is 12.1 Å². The van der Waals surface area contributed by atoms with E-state index in [0.717, 1.165) is 5.69 Å². The first-order valence-electron chi connectivity index (χ1n) is 6.12. The van der Waals surface area contributed by atoms with Gasteiger partial charge in [0.15, 0.2) is 0 Å². The Morgan fingerprint density at radius 1 is 1.42 bits per heavy atom. The first-order valence-corrected chi connectivity index (χ1v) is 6.12. The quantitative estimate of drug-likeness (QED) is 0.919. The van der Waals surface area contributed by atoms with Gasteiger partial charge in [-0.25, -0.2) is 4.39 Å². The predicted molar refractivity (Wildman–Crippen MR) is 71.3 cm³/mol. The van der Waals surface area contributed by atoms with Crippen molar-refractivity contribution in [3.63, 3.8) is 0 Å². The summed E-state index contributed by atoms with van der Waals surface area (Å²) < 4.78 is 15.1. The van der Waals surface area contributed by atoms with E-state index in [9.17, 15) is 9.18 Å². The molecule has 100 valence electrons. The third-order valence-electron chi connectivity index (χ3n) is 2.82. The number of nitrogens with zero attached hydrogens (tertiary/aromatic N) is 2. The van der Waals surface area contributed by atoms with Crippen molar-refractivity contribution in [2.45, 2.75) is 26.3 Å². The molecule has 0 radical (unpaired) electrons. The minimum Gasteiger partial charge on any atom is -0.324 e. The molecule has 1 aromatic heterocycles. The molecule has 4 nitrogen and oxygen atoms in total. The second-order valence-electron chi connectivity index (χ2n) is 4.52. The SMILES string of the molecule is Cc1ccn([C@H](C)CC(=O)Nc2ccccc2F)n1. The van der Waals surface area contributed by atoms with Gasteiger partial charge in [-0.05, 0) is 32.0 Å². The minimum absolute atomic E-state index is 0.0690. The van der Waals surface area contributed by atoms with Crippen LogP contribution in [-0.4, -0.2) is 15.7 Å². The van der Waals surface area contributed by atoms with E-state index in [1.54, 1.807) is 16.8 Å². The van der Waals surface area contributed by atoms with Crippen molar-refractivity contribution in [1.82, 2.24) is 9.78 Å². The monoisotopic (exact) mass is 261 g/mol. The third kappa shape index (κ3) is 3.40. The summed E-state index contributed by atoms with van der Waals surface area (Å²) in [5.74, 6) is -0.663. The highest BCUT2D eigenvalue weighted by Gasteiger charge is 2.13. The molecule has 19 heavy (non-hydrogen) atoms. The Hall–Kier alpha value is -2.17. The first-order chi connectivity index (χ1) is 9.06. The van der Waals surface area contributed by atoms with Gasteiger partial charge in [-0.1, -0.05) is 12.1 Å². The Balaban J connectivity index is 1.96. The van der Waals surface area contributed by atoms with Crippen molar-refractivity contribution in [2.75, 3.05) is 5.32 Å². The molecule has 1 aromatic carbocycles. The molecule has 0 saturated carbocycles. The van der Waals surface area contributed by atoms with Crippen LogP contribution in [0, 0.1) is 12.7 Å². The first kappa shape index (κ1) is 13.3. The fourth-order valence-electron chi connectivity index (χ4n) is 1.80. The van der Waals surface area contributed by atoms with Crippen LogP contribution in [0.3, 0.4) is 0 Å². The molecule has 1 N–H and O–H groups in total. The van der Waals surface area contributed by atoms with E-state index in [0.29, 0.717) is 0 Å². The lowest BCUT2D eigenvalue weighted by Gasteiger charge is -2.12. The van der Waals surface area contributed by atoms with Gasteiger partial charge in [0, 0.05) is 12.6 Å². The second kappa shape index (κ2) is 5.65. The number of anilines is 1. The van der Waals surface area contributed by atoms with Gasteiger partial charge in [-0.2, -0.15) is 5.10 Å². The van der Waals surface area contributed by atoms with E-state index in [1.807, 2.05) is 26.1 Å². The Kier molecular flexibility index (Phi) is 3.94. The van der Waals surface area contributed by atoms with Gasteiger partial charge in [0.2, 0.25) is 5.91 Å². The summed E-state index contributed by atoms with van der Waals surface area (Å²) >= 11 is 0. The molecule has 2 aromatic rings. The number of amides is 1. The van der Waals surface area contributed by atoms with Crippen LogP contribution in [0.25, 0.3) is 0 Å². The van der Waals surface area contributed by atoms with E-state index in [-0.39, 0.29) is 24.1 Å². The molecule has 2 rings (SSSR count). The van der Waals surface area contributed by atoms with Gasteiger partial charge < -0.3 is 5.32 Å². The van der Waals surface area contributed by atoms with Crippen LogP contribution in [0.15, 0.2) is 36.5 Å². The molecule has 0 aliphatic heterocycles. The van der Waals surface area contributed by atoms with Gasteiger partial charge >= 0.3 is 0 Å². The molecule has 5 heteroatoms. The molecule has 0 aliphatic carbocycles. The standard InChI is InChI=1S/C14H16FN3O/c1-10-7-8-18(17-10)11(2)9-14(19)16-13-6-4-3-5-12(13)15/h3-8,11H,9H2,1-2H3,(H,16,19)/t11-/m1/s1. The maximum atomic E-state index is 13.4. The van der Waals surface area contributed by atoms with Crippen LogP contribution in [0.5, 0.6) is 0 Å². The largest absolute Gasteiger partial charge is 0.324 e. The summed E-state index contributed by atoms with van der Waals surface area (Å²) in [5, 5.41) is 6.81. The number of aryl methyl sites for hydroxylation is 1. The topological polar surface area (TPSA) is 46.9 Å². The summed E-state index contributed by atoms with van der Waals surface area (Å²) in [6.45, 7) is 3.79. The number of rotatable bonds is 4. The van der Waals surface area contributed by atoms with Gasteiger partial charge in [-0.3, -0.25) is 9.48 Å². The lowest BCUT2D eigenvalue weighted by molar-refractivity contribution is -0.116. The number of benzene rings is 1. The maximum Gasteiger partial charge on any atom is 0.226 e. The summed E-state index contributed by atoms with van der Waals surface area (Å²) in [7, 11) is 0. The molecular formula is C14H16FN3O. The van der Waals surface area contributed by atoms with Crippen molar-refractivity contribution in [3.8, 4) is 0 Å². The Morgan fingerprint density at radius 3 is 2.79 bits per heavy atom. The Labute approximate surface area is 111 Å². The van der Waals surface area contributed by atoms with Crippen molar-refractivity contribution >= 4 is 11.6 Å². The van der Waals surface area contributed by atoms with Crippen LogP contribution < -0.4 is 5.32 Å². The molecule has 0 fully saturated rings. The van der Waals surface area contributed by atoms with Crippen LogP contribution in [-0.2, 0) is 4.79 Å². The van der Waals surface area contributed by atoms with E-state index in [2.05, 4.69) is 10.4 Å². The van der Waals surface area contributed by atoms with E-state index in [4.69, 9.17) is 0 Å². The Bertz CT molecular complexity index is 580. The Morgan fingerprint density at radius 2 is 2.16 bits per heavy atom. The van der Waals surface area contributed by atoms with Crippen molar-refractivity contribution in [3.05, 3.63) is 48.0 Å². The number of nitrogens with one attached hydrogen (secondary N) is 1. The molecule has 1 heterocycles. The van der Waals surface area contributed by atoms with E-state index >= 15 is 0 Å². The average Bonchev–Trinajstić information content (AvgIpc) is 2.79. The van der Waals surface area contributed by atoms with Crippen LogP contribution in [0.2, 0.25) is 0 Å². The lowest BCUT2D eigenvalue weighted by Crippen LogP contribution is -2.18. The number of aromatic nitrogens is 2. The minimum atomic E-state index is -0.432. The number of carbonyl (C=O) groups is 1. The highest BCUT2D eigenvalue weighted by Crippen LogP contribution is 2.15. The number of hydrogen-bond donors (Lipinski definition) is 1. The van der Waals surface area contributed by atoms with Crippen LogP contribution >= 0.6 is 0 Å². The van der Waals surface area contributed by atoms with Gasteiger partial charge in [0.05, 0.1) is 17.4 Å². The van der Waals surface area contributed by atoms with Crippen LogP contribution in [0.1, 0.15) is 25.1 Å². The number of hydrogen-bond acceptors (Lipinski definition) is 2. The van der Waals surface area contributed by atoms with E-state index < -0.39 is 5.82 Å². The second-order valence-corrected chi connectivity index (χ2v) is 4.52. The summed E-state index contributed by atoms with van der Waals surface area (Å²) in [5.41, 5.74) is 1.11. The number of para-hydroxylation sites is 1. The fraction of sp³-hybridized carbons (Fsp3) is 0.286.